The summed E-state index contributed by atoms with van der Waals surface area (Å²) in [5.74, 6) is -0.0600. The van der Waals surface area contributed by atoms with Crippen molar-refractivity contribution >= 4 is 5.91 Å². The predicted octanol–water partition coefficient (Wildman–Crippen LogP) is 2.14. The lowest BCUT2D eigenvalue weighted by Crippen LogP contribution is -2.36. The third kappa shape index (κ3) is 5.32. The molecule has 3 heteroatoms. The molecule has 0 heterocycles. The lowest BCUT2D eigenvalue weighted by Gasteiger charge is -2.14. The van der Waals surface area contributed by atoms with E-state index in [9.17, 15) is 9.90 Å². The number of aliphatic hydroxyl groups excluding tert-OH is 1. The van der Waals surface area contributed by atoms with Crippen LogP contribution in [0.1, 0.15) is 32.3 Å². The van der Waals surface area contributed by atoms with E-state index in [1.807, 2.05) is 44.2 Å². The Labute approximate surface area is 109 Å². The number of hydrogen-bond donors (Lipinski definition) is 2. The second kappa shape index (κ2) is 7.88. The maximum Gasteiger partial charge on any atom is 0.223 e. The van der Waals surface area contributed by atoms with E-state index in [1.165, 1.54) is 0 Å². The molecule has 18 heavy (non-hydrogen) atoms. The lowest BCUT2D eigenvalue weighted by molar-refractivity contribution is -0.124. The summed E-state index contributed by atoms with van der Waals surface area (Å²) in [4.78, 5) is 11.8. The van der Waals surface area contributed by atoms with Crippen LogP contribution < -0.4 is 5.32 Å². The smallest absolute Gasteiger partial charge is 0.223 e. The van der Waals surface area contributed by atoms with E-state index in [4.69, 9.17) is 0 Å². The molecule has 0 aromatic heterocycles. The number of aliphatic hydroxyl groups is 1. The van der Waals surface area contributed by atoms with Crippen molar-refractivity contribution in [3.05, 3.63) is 35.9 Å². The SMILES string of the molecule is CCCC(O)CNC(=O)C(C)Cc1ccccc1. The Morgan fingerprint density at radius 1 is 1.33 bits per heavy atom. The van der Waals surface area contributed by atoms with Crippen molar-refractivity contribution < 1.29 is 9.90 Å². The number of rotatable bonds is 7. The molecule has 0 bridgehead atoms. The molecule has 0 saturated heterocycles. The zero-order valence-electron chi connectivity index (χ0n) is 11.2. The molecule has 0 saturated carbocycles. The van der Waals surface area contributed by atoms with Gasteiger partial charge in [0.15, 0.2) is 0 Å². The lowest BCUT2D eigenvalue weighted by atomic mass is 10.0. The molecular weight excluding hydrogens is 226 g/mol. The third-order valence-corrected chi connectivity index (χ3v) is 2.97. The van der Waals surface area contributed by atoms with Gasteiger partial charge in [0.1, 0.15) is 0 Å². The fraction of sp³-hybridized carbons (Fsp3) is 0.533. The molecule has 2 unspecified atom stereocenters. The van der Waals surface area contributed by atoms with Crippen LogP contribution in [-0.4, -0.2) is 23.7 Å². The Hall–Kier alpha value is -1.35. The predicted molar refractivity (Wildman–Crippen MR) is 73.2 cm³/mol. The molecule has 1 aromatic carbocycles. The van der Waals surface area contributed by atoms with E-state index < -0.39 is 6.10 Å². The summed E-state index contributed by atoms with van der Waals surface area (Å²) < 4.78 is 0. The Morgan fingerprint density at radius 3 is 2.61 bits per heavy atom. The second-order valence-corrected chi connectivity index (χ2v) is 4.78. The van der Waals surface area contributed by atoms with E-state index in [0.29, 0.717) is 6.54 Å². The third-order valence-electron chi connectivity index (χ3n) is 2.97. The van der Waals surface area contributed by atoms with Gasteiger partial charge < -0.3 is 10.4 Å². The Bertz CT molecular complexity index is 351. The van der Waals surface area contributed by atoms with Gasteiger partial charge in [0, 0.05) is 12.5 Å². The number of amides is 1. The van der Waals surface area contributed by atoms with E-state index >= 15 is 0 Å². The second-order valence-electron chi connectivity index (χ2n) is 4.78. The standard InChI is InChI=1S/C15H23NO2/c1-3-7-14(17)11-16-15(18)12(2)10-13-8-5-4-6-9-13/h4-6,8-9,12,14,17H,3,7,10-11H2,1-2H3,(H,16,18). The summed E-state index contributed by atoms with van der Waals surface area (Å²) in [5, 5.41) is 12.4. The van der Waals surface area contributed by atoms with E-state index in [2.05, 4.69) is 5.32 Å². The molecule has 2 N–H and O–H groups in total. The summed E-state index contributed by atoms with van der Waals surface area (Å²) in [5.41, 5.74) is 1.16. The van der Waals surface area contributed by atoms with Crippen molar-refractivity contribution in [2.45, 2.75) is 39.2 Å². The molecule has 1 amide bonds. The van der Waals surface area contributed by atoms with Gasteiger partial charge in [-0.2, -0.15) is 0 Å². The first-order chi connectivity index (χ1) is 8.63. The summed E-state index contributed by atoms with van der Waals surface area (Å²) in [6.07, 6.45) is 1.96. The number of carbonyl (C=O) groups is 1. The molecule has 2 atom stereocenters. The molecule has 0 aliphatic carbocycles. The molecule has 100 valence electrons. The van der Waals surface area contributed by atoms with Gasteiger partial charge in [0.25, 0.3) is 0 Å². The van der Waals surface area contributed by atoms with Gasteiger partial charge in [0.2, 0.25) is 5.91 Å². The highest BCUT2D eigenvalue weighted by Gasteiger charge is 2.14. The molecule has 0 fully saturated rings. The fourth-order valence-electron chi connectivity index (χ4n) is 1.89. The Balaban J connectivity index is 2.33. The molecule has 0 aliphatic heterocycles. The number of carbonyl (C=O) groups excluding carboxylic acids is 1. The summed E-state index contributed by atoms with van der Waals surface area (Å²) in [7, 11) is 0. The summed E-state index contributed by atoms with van der Waals surface area (Å²) in [6.45, 7) is 4.28. The first-order valence-corrected chi connectivity index (χ1v) is 6.63. The van der Waals surface area contributed by atoms with Crippen molar-refractivity contribution in [2.75, 3.05) is 6.54 Å². The van der Waals surface area contributed by atoms with Gasteiger partial charge in [-0.1, -0.05) is 50.6 Å². The molecule has 1 rings (SSSR count). The Morgan fingerprint density at radius 2 is 2.00 bits per heavy atom. The number of nitrogens with one attached hydrogen (secondary N) is 1. The van der Waals surface area contributed by atoms with Crippen LogP contribution in [0.25, 0.3) is 0 Å². The van der Waals surface area contributed by atoms with Crippen molar-refractivity contribution in [1.29, 1.82) is 0 Å². The van der Waals surface area contributed by atoms with Crippen LogP contribution in [0.3, 0.4) is 0 Å². The van der Waals surface area contributed by atoms with Crippen LogP contribution in [0.2, 0.25) is 0 Å². The molecule has 3 nitrogen and oxygen atoms in total. The van der Waals surface area contributed by atoms with E-state index in [0.717, 1.165) is 24.8 Å². The fourth-order valence-corrected chi connectivity index (χ4v) is 1.89. The van der Waals surface area contributed by atoms with Gasteiger partial charge in [-0.3, -0.25) is 4.79 Å². The van der Waals surface area contributed by atoms with Gasteiger partial charge in [-0.15, -0.1) is 0 Å². The van der Waals surface area contributed by atoms with Crippen molar-refractivity contribution in [1.82, 2.24) is 5.32 Å². The van der Waals surface area contributed by atoms with Gasteiger partial charge >= 0.3 is 0 Å². The van der Waals surface area contributed by atoms with Crippen LogP contribution in [0.5, 0.6) is 0 Å². The maximum atomic E-state index is 11.8. The zero-order chi connectivity index (χ0) is 13.4. The highest BCUT2D eigenvalue weighted by atomic mass is 16.3. The maximum absolute atomic E-state index is 11.8. The van der Waals surface area contributed by atoms with Gasteiger partial charge in [-0.05, 0) is 18.4 Å². The van der Waals surface area contributed by atoms with Crippen LogP contribution in [0.15, 0.2) is 30.3 Å². The van der Waals surface area contributed by atoms with Crippen molar-refractivity contribution in [3.63, 3.8) is 0 Å². The largest absolute Gasteiger partial charge is 0.391 e. The van der Waals surface area contributed by atoms with E-state index in [-0.39, 0.29) is 11.8 Å². The quantitative estimate of drug-likeness (QED) is 0.778. The molecular formula is C15H23NO2. The van der Waals surface area contributed by atoms with Crippen LogP contribution in [-0.2, 0) is 11.2 Å². The molecule has 0 radical (unpaired) electrons. The normalized spacial score (nSPS) is 13.9. The number of hydrogen-bond acceptors (Lipinski definition) is 2. The van der Waals surface area contributed by atoms with Crippen LogP contribution in [0, 0.1) is 5.92 Å². The van der Waals surface area contributed by atoms with Crippen LogP contribution >= 0.6 is 0 Å². The van der Waals surface area contributed by atoms with Crippen LogP contribution in [0.4, 0.5) is 0 Å². The first-order valence-electron chi connectivity index (χ1n) is 6.63. The topological polar surface area (TPSA) is 49.3 Å². The zero-order valence-corrected chi connectivity index (χ0v) is 11.2. The van der Waals surface area contributed by atoms with Crippen molar-refractivity contribution in [2.24, 2.45) is 5.92 Å². The Kier molecular flexibility index (Phi) is 6.44. The highest BCUT2D eigenvalue weighted by molar-refractivity contribution is 5.78. The first kappa shape index (κ1) is 14.7. The van der Waals surface area contributed by atoms with E-state index in [1.54, 1.807) is 0 Å². The minimum absolute atomic E-state index is 0.00834. The molecule has 1 aromatic rings. The van der Waals surface area contributed by atoms with Gasteiger partial charge in [0.05, 0.1) is 6.10 Å². The summed E-state index contributed by atoms with van der Waals surface area (Å²) >= 11 is 0. The molecule has 0 aliphatic rings. The average Bonchev–Trinajstić information content (AvgIpc) is 2.37. The minimum Gasteiger partial charge on any atom is -0.391 e. The summed E-state index contributed by atoms with van der Waals surface area (Å²) in [6, 6.07) is 9.97. The minimum atomic E-state index is -0.428. The van der Waals surface area contributed by atoms with Gasteiger partial charge in [-0.25, -0.2) is 0 Å². The monoisotopic (exact) mass is 249 g/mol. The molecule has 0 spiro atoms. The highest BCUT2D eigenvalue weighted by Crippen LogP contribution is 2.08. The van der Waals surface area contributed by atoms with Crippen molar-refractivity contribution in [3.8, 4) is 0 Å². The average molecular weight is 249 g/mol. The number of benzene rings is 1.